The van der Waals surface area contributed by atoms with E-state index in [9.17, 15) is 0 Å². The second-order valence-corrected chi connectivity index (χ2v) is 4.00. The van der Waals surface area contributed by atoms with Crippen molar-refractivity contribution in [1.29, 1.82) is 0 Å². The summed E-state index contributed by atoms with van der Waals surface area (Å²) in [6.07, 6.45) is 0. The first-order valence-corrected chi connectivity index (χ1v) is 5.32. The summed E-state index contributed by atoms with van der Waals surface area (Å²) in [5, 5.41) is 8.70. The van der Waals surface area contributed by atoms with Gasteiger partial charge in [-0.15, -0.1) is 0 Å². The van der Waals surface area contributed by atoms with E-state index in [1.807, 2.05) is 0 Å². The standard InChI is InChI=1S/C9H8S2/c1-7-4-11-6-9(7)8-2-3-10-5-8/h2-6H,1H3. The molecule has 0 bridgehead atoms. The second kappa shape index (κ2) is 2.80. The average Bonchev–Trinajstić information content (AvgIpc) is 2.55. The highest BCUT2D eigenvalue weighted by molar-refractivity contribution is 7.09. The Labute approximate surface area is 74.1 Å². The molecule has 0 nitrogen and oxygen atoms in total. The fourth-order valence-electron chi connectivity index (χ4n) is 1.07. The van der Waals surface area contributed by atoms with Crippen LogP contribution in [0.1, 0.15) is 5.56 Å². The molecular formula is C9H8S2. The molecule has 0 amide bonds. The van der Waals surface area contributed by atoms with E-state index in [1.165, 1.54) is 16.7 Å². The quantitative estimate of drug-likeness (QED) is 0.626. The van der Waals surface area contributed by atoms with E-state index in [0.717, 1.165) is 0 Å². The maximum Gasteiger partial charge on any atom is -0.00117 e. The van der Waals surface area contributed by atoms with Crippen molar-refractivity contribution in [2.24, 2.45) is 0 Å². The molecular weight excluding hydrogens is 172 g/mol. The lowest BCUT2D eigenvalue weighted by molar-refractivity contribution is 1.55. The highest BCUT2D eigenvalue weighted by Gasteiger charge is 2.01. The first-order valence-electron chi connectivity index (χ1n) is 3.43. The number of thiophene rings is 2. The van der Waals surface area contributed by atoms with Gasteiger partial charge in [0, 0.05) is 0 Å². The van der Waals surface area contributed by atoms with Gasteiger partial charge in [0.15, 0.2) is 0 Å². The lowest BCUT2D eigenvalue weighted by atomic mass is 10.1. The Hall–Kier alpha value is -0.600. The molecule has 0 N–H and O–H groups in total. The van der Waals surface area contributed by atoms with Crippen molar-refractivity contribution in [2.75, 3.05) is 0 Å². The summed E-state index contributed by atoms with van der Waals surface area (Å²) in [5.41, 5.74) is 4.12. The molecule has 0 aliphatic carbocycles. The van der Waals surface area contributed by atoms with Gasteiger partial charge < -0.3 is 0 Å². The van der Waals surface area contributed by atoms with E-state index in [4.69, 9.17) is 0 Å². The van der Waals surface area contributed by atoms with E-state index in [-0.39, 0.29) is 0 Å². The molecule has 0 aromatic carbocycles. The van der Waals surface area contributed by atoms with Crippen LogP contribution in [0.4, 0.5) is 0 Å². The summed E-state index contributed by atoms with van der Waals surface area (Å²) in [5.74, 6) is 0. The minimum Gasteiger partial charge on any atom is -0.152 e. The summed E-state index contributed by atoms with van der Waals surface area (Å²) in [6.45, 7) is 2.16. The van der Waals surface area contributed by atoms with Crippen LogP contribution in [-0.4, -0.2) is 0 Å². The third-order valence-electron chi connectivity index (χ3n) is 1.69. The molecule has 0 fully saturated rings. The van der Waals surface area contributed by atoms with Gasteiger partial charge in [0.2, 0.25) is 0 Å². The van der Waals surface area contributed by atoms with Gasteiger partial charge in [-0.3, -0.25) is 0 Å². The lowest BCUT2D eigenvalue weighted by Gasteiger charge is -1.92. The highest BCUT2D eigenvalue weighted by Crippen LogP contribution is 2.27. The number of aryl methyl sites for hydroxylation is 1. The first-order chi connectivity index (χ1) is 5.38. The minimum absolute atomic E-state index is 1.36. The molecule has 56 valence electrons. The topological polar surface area (TPSA) is 0 Å². The van der Waals surface area contributed by atoms with Crippen molar-refractivity contribution in [2.45, 2.75) is 6.92 Å². The molecule has 0 radical (unpaired) electrons. The van der Waals surface area contributed by atoms with Gasteiger partial charge in [-0.2, -0.15) is 22.7 Å². The van der Waals surface area contributed by atoms with Gasteiger partial charge in [0.05, 0.1) is 0 Å². The van der Waals surface area contributed by atoms with Crippen molar-refractivity contribution in [3.05, 3.63) is 33.2 Å². The largest absolute Gasteiger partial charge is 0.152 e. The van der Waals surface area contributed by atoms with Gasteiger partial charge in [0.25, 0.3) is 0 Å². The molecule has 2 rings (SSSR count). The Bertz CT molecular complexity index is 330. The van der Waals surface area contributed by atoms with Gasteiger partial charge in [-0.1, -0.05) is 0 Å². The molecule has 0 atom stereocenters. The molecule has 2 aromatic rings. The molecule has 0 spiro atoms. The van der Waals surface area contributed by atoms with Crippen LogP contribution >= 0.6 is 22.7 Å². The van der Waals surface area contributed by atoms with Crippen LogP contribution in [0.5, 0.6) is 0 Å². The van der Waals surface area contributed by atoms with Crippen LogP contribution in [-0.2, 0) is 0 Å². The molecule has 11 heavy (non-hydrogen) atoms. The fourth-order valence-corrected chi connectivity index (χ4v) is 2.59. The van der Waals surface area contributed by atoms with Gasteiger partial charge >= 0.3 is 0 Å². The maximum absolute atomic E-state index is 2.21. The Morgan fingerprint density at radius 2 is 2.00 bits per heavy atom. The summed E-state index contributed by atoms with van der Waals surface area (Å²) < 4.78 is 0. The van der Waals surface area contributed by atoms with E-state index in [0.29, 0.717) is 0 Å². The number of hydrogen-bond acceptors (Lipinski definition) is 2. The fraction of sp³-hybridized carbons (Fsp3) is 0.111. The van der Waals surface area contributed by atoms with Crippen molar-refractivity contribution in [3.8, 4) is 11.1 Å². The smallest absolute Gasteiger partial charge is 0.00117 e. The van der Waals surface area contributed by atoms with Crippen LogP contribution in [0.2, 0.25) is 0 Å². The van der Waals surface area contributed by atoms with Crippen molar-refractivity contribution < 1.29 is 0 Å². The number of hydrogen-bond donors (Lipinski definition) is 0. The van der Waals surface area contributed by atoms with Gasteiger partial charge in [0.1, 0.15) is 0 Å². The predicted molar refractivity (Wildman–Crippen MR) is 52.4 cm³/mol. The summed E-state index contributed by atoms with van der Waals surface area (Å²) >= 11 is 3.52. The van der Waals surface area contributed by atoms with E-state index in [1.54, 1.807) is 22.7 Å². The van der Waals surface area contributed by atoms with Gasteiger partial charge in [-0.25, -0.2) is 0 Å². The Morgan fingerprint density at radius 1 is 1.09 bits per heavy atom. The average molecular weight is 180 g/mol. The van der Waals surface area contributed by atoms with E-state index in [2.05, 4.69) is 34.5 Å². The van der Waals surface area contributed by atoms with Crippen LogP contribution in [0.25, 0.3) is 11.1 Å². The van der Waals surface area contributed by atoms with Crippen LogP contribution < -0.4 is 0 Å². The van der Waals surface area contributed by atoms with Crippen LogP contribution in [0.3, 0.4) is 0 Å². The Balaban J connectivity index is 2.53. The van der Waals surface area contributed by atoms with Crippen molar-refractivity contribution in [1.82, 2.24) is 0 Å². The Kier molecular flexibility index (Phi) is 1.80. The zero-order chi connectivity index (χ0) is 7.68. The van der Waals surface area contributed by atoms with Gasteiger partial charge in [-0.05, 0) is 51.2 Å². The van der Waals surface area contributed by atoms with Crippen LogP contribution in [0, 0.1) is 6.92 Å². The third kappa shape index (κ3) is 1.24. The van der Waals surface area contributed by atoms with Crippen LogP contribution in [0.15, 0.2) is 27.6 Å². The number of rotatable bonds is 1. The molecule has 0 aliphatic heterocycles. The van der Waals surface area contributed by atoms with Crippen molar-refractivity contribution in [3.63, 3.8) is 0 Å². The van der Waals surface area contributed by atoms with E-state index < -0.39 is 0 Å². The molecule has 2 aromatic heterocycles. The third-order valence-corrected chi connectivity index (χ3v) is 3.23. The molecule has 0 aliphatic rings. The SMILES string of the molecule is Cc1cscc1-c1ccsc1. The van der Waals surface area contributed by atoms with Crippen molar-refractivity contribution >= 4 is 22.7 Å². The highest BCUT2D eigenvalue weighted by atomic mass is 32.1. The minimum atomic E-state index is 1.36. The molecule has 0 unspecified atom stereocenters. The normalized spacial score (nSPS) is 10.3. The summed E-state index contributed by atoms with van der Waals surface area (Å²) in [7, 11) is 0. The molecule has 2 heterocycles. The molecule has 0 saturated carbocycles. The zero-order valence-corrected chi connectivity index (χ0v) is 7.84. The molecule has 2 heteroatoms. The van der Waals surface area contributed by atoms with E-state index >= 15 is 0 Å². The summed E-state index contributed by atoms with van der Waals surface area (Å²) in [4.78, 5) is 0. The molecule has 0 saturated heterocycles. The second-order valence-electron chi connectivity index (χ2n) is 2.48. The zero-order valence-electron chi connectivity index (χ0n) is 6.20. The Morgan fingerprint density at radius 3 is 2.55 bits per heavy atom. The first kappa shape index (κ1) is 7.07. The maximum atomic E-state index is 2.21. The predicted octanol–water partition coefficient (Wildman–Crippen LogP) is 3.79. The lowest BCUT2D eigenvalue weighted by Crippen LogP contribution is -1.69. The monoisotopic (exact) mass is 180 g/mol. The summed E-state index contributed by atoms with van der Waals surface area (Å²) in [6, 6.07) is 2.17.